The Morgan fingerprint density at radius 3 is 2.17 bits per heavy atom. The Balaban J connectivity index is 0.000000254. The van der Waals surface area contributed by atoms with Gasteiger partial charge in [-0.25, -0.2) is 4.79 Å². The van der Waals surface area contributed by atoms with E-state index in [-0.39, 0.29) is 5.69 Å². The molecule has 24 heavy (non-hydrogen) atoms. The van der Waals surface area contributed by atoms with E-state index in [4.69, 9.17) is 5.21 Å². The summed E-state index contributed by atoms with van der Waals surface area (Å²) in [5.74, 6) is 0. The molecule has 2 aromatic rings. The average Bonchev–Trinajstić information content (AvgIpc) is 2.59. The first kappa shape index (κ1) is 20.8. The smallest absolute Gasteiger partial charge is 0.438 e. The maximum absolute atomic E-state index is 10.9. The molecule has 0 atom stereocenters. The predicted molar refractivity (Wildman–Crippen MR) is 105 cm³/mol. The lowest BCUT2D eigenvalue weighted by Crippen LogP contribution is -2.26. The van der Waals surface area contributed by atoms with Gasteiger partial charge in [0.1, 0.15) is 0 Å². The molecule has 0 saturated carbocycles. The first-order chi connectivity index (χ1) is 11.3. The van der Waals surface area contributed by atoms with Crippen LogP contribution in [0.3, 0.4) is 0 Å². The van der Waals surface area contributed by atoms with Gasteiger partial charge in [-0.3, -0.25) is 25.9 Å². The lowest BCUT2D eigenvalue weighted by molar-refractivity contribution is 0.141. The minimum atomic E-state index is -0.841. The highest BCUT2D eigenvalue weighted by molar-refractivity contribution is 14.1. The normalized spacial score (nSPS) is 9.62. The summed E-state index contributed by atoms with van der Waals surface area (Å²) < 4.78 is 6.25. The van der Waals surface area contributed by atoms with E-state index in [0.717, 1.165) is 18.5 Å². The van der Waals surface area contributed by atoms with Crippen molar-refractivity contribution in [2.75, 3.05) is 17.7 Å². The van der Waals surface area contributed by atoms with Gasteiger partial charge in [-0.05, 0) is 71.2 Å². The van der Waals surface area contributed by atoms with Crippen molar-refractivity contribution in [1.29, 1.82) is 0 Å². The van der Waals surface area contributed by atoms with Gasteiger partial charge < -0.3 is 4.74 Å². The molecule has 130 valence electrons. The van der Waals surface area contributed by atoms with Crippen LogP contribution in [0.2, 0.25) is 0 Å². The lowest BCUT2D eigenvalue weighted by atomic mass is 10.3. The molecule has 10 heteroatoms. The zero-order chi connectivity index (χ0) is 18.3. The quantitative estimate of drug-likeness (QED) is 0.293. The van der Waals surface area contributed by atoms with Crippen LogP contribution in [0.5, 0.6) is 0 Å². The minimum absolute atomic E-state index is 0.284. The number of hydrogen-bond acceptors (Lipinski definition) is 7. The molecule has 0 bridgehead atoms. The second-order valence-electron chi connectivity index (χ2n) is 4.45. The van der Waals surface area contributed by atoms with Crippen LogP contribution in [0.4, 0.5) is 16.2 Å². The van der Waals surface area contributed by atoms with Crippen LogP contribution in [0.1, 0.15) is 11.4 Å². The number of nitrogens with one attached hydrogen (secondary N) is 1. The van der Waals surface area contributed by atoms with Crippen LogP contribution in [0, 0.1) is 21.0 Å². The third-order valence-corrected chi connectivity index (χ3v) is 4.94. The number of aromatic nitrogens is 2. The molecule has 0 aliphatic heterocycles. The number of carbonyl (C=O) groups is 1. The third-order valence-electron chi connectivity index (χ3n) is 2.76. The molecule has 1 amide bonds. The Bertz CT molecular complexity index is 715. The molecule has 0 aliphatic carbocycles. The van der Waals surface area contributed by atoms with Crippen LogP contribution in [0.25, 0.3) is 0 Å². The highest BCUT2D eigenvalue weighted by Gasteiger charge is 2.14. The molecular weight excluding hydrogens is 542 g/mol. The number of aryl methyl sites for hydroxylation is 2. The molecule has 8 nitrogen and oxygen atoms in total. The van der Waals surface area contributed by atoms with E-state index in [2.05, 4.69) is 59.9 Å². The largest absolute Gasteiger partial charge is 0.451 e. The Morgan fingerprint density at radius 1 is 1.17 bits per heavy atom. The van der Waals surface area contributed by atoms with Gasteiger partial charge in [0.2, 0.25) is 0 Å². The van der Waals surface area contributed by atoms with Gasteiger partial charge in [0.15, 0.2) is 0 Å². The van der Waals surface area contributed by atoms with Crippen molar-refractivity contribution in [2.45, 2.75) is 13.8 Å². The number of pyridine rings is 2. The Labute approximate surface area is 166 Å². The van der Waals surface area contributed by atoms with Crippen molar-refractivity contribution in [3.8, 4) is 0 Å². The van der Waals surface area contributed by atoms with Gasteiger partial charge >= 0.3 is 6.09 Å². The SMILES string of the molecule is COC(=O)N(O)c1cnc(C)c(I)c1.Cc1ncc(NO)cc1I. The number of rotatable bonds is 2. The summed E-state index contributed by atoms with van der Waals surface area (Å²) in [6.45, 7) is 3.76. The van der Waals surface area contributed by atoms with E-state index in [0.29, 0.717) is 10.8 Å². The molecule has 0 fully saturated rings. The first-order valence-corrected chi connectivity index (χ1v) is 8.67. The molecule has 0 aliphatic rings. The summed E-state index contributed by atoms with van der Waals surface area (Å²) in [7, 11) is 1.19. The van der Waals surface area contributed by atoms with Gasteiger partial charge in [0, 0.05) is 7.14 Å². The summed E-state index contributed by atoms with van der Waals surface area (Å²) in [5, 5.41) is 18.2. The number of carbonyl (C=O) groups excluding carboxylic acids is 1. The summed E-state index contributed by atoms with van der Waals surface area (Å²) in [4.78, 5) is 19.0. The Hall–Kier alpha value is -1.25. The number of ether oxygens (including phenoxy) is 1. The average molecular weight is 558 g/mol. The molecule has 3 N–H and O–H groups in total. The van der Waals surface area contributed by atoms with E-state index in [1.165, 1.54) is 13.3 Å². The number of anilines is 2. The van der Waals surface area contributed by atoms with E-state index in [1.54, 1.807) is 12.3 Å². The number of methoxy groups -OCH3 is 1. The fourth-order valence-electron chi connectivity index (χ4n) is 1.37. The fraction of sp³-hybridized carbons (Fsp3) is 0.214. The Morgan fingerprint density at radius 2 is 1.71 bits per heavy atom. The van der Waals surface area contributed by atoms with E-state index in [9.17, 15) is 10.0 Å². The molecule has 0 spiro atoms. The molecule has 0 aromatic carbocycles. The lowest BCUT2D eigenvalue weighted by Gasteiger charge is -2.13. The van der Waals surface area contributed by atoms with Crippen molar-refractivity contribution >= 4 is 62.6 Å². The molecule has 0 saturated heterocycles. The number of hydroxylamine groups is 1. The van der Waals surface area contributed by atoms with E-state index < -0.39 is 6.09 Å². The molecule has 0 radical (unpaired) electrons. The molecular formula is C14H16I2N4O4. The second-order valence-corrected chi connectivity index (χ2v) is 6.77. The van der Waals surface area contributed by atoms with Crippen LogP contribution < -0.4 is 10.5 Å². The van der Waals surface area contributed by atoms with E-state index >= 15 is 0 Å². The molecule has 2 aromatic heterocycles. The van der Waals surface area contributed by atoms with Gasteiger partial charge in [-0.1, -0.05) is 0 Å². The van der Waals surface area contributed by atoms with Crippen molar-refractivity contribution in [3.05, 3.63) is 43.1 Å². The van der Waals surface area contributed by atoms with Gasteiger partial charge in [0.25, 0.3) is 0 Å². The topological polar surface area (TPSA) is 108 Å². The first-order valence-electron chi connectivity index (χ1n) is 6.51. The van der Waals surface area contributed by atoms with Crippen LogP contribution in [-0.2, 0) is 4.74 Å². The predicted octanol–water partition coefficient (Wildman–Crippen LogP) is 3.75. The summed E-state index contributed by atoms with van der Waals surface area (Å²) in [5.41, 5.74) is 4.74. The van der Waals surface area contributed by atoms with E-state index in [1.807, 2.05) is 25.4 Å². The standard InChI is InChI=1S/C8H9IN2O3.C6H7IN2O/c1-5-7(9)3-6(4-10-5)11(13)8(12)14-2;1-4-6(7)2-5(9-10)3-8-4/h3-4,13H,1-2H3;2-3,9-10H,1H3. The second kappa shape index (κ2) is 9.90. The van der Waals surface area contributed by atoms with Gasteiger partial charge in [0.05, 0.1) is 42.3 Å². The van der Waals surface area contributed by atoms with Crippen molar-refractivity contribution in [3.63, 3.8) is 0 Å². The van der Waals surface area contributed by atoms with Gasteiger partial charge in [-0.15, -0.1) is 0 Å². The third kappa shape index (κ3) is 5.99. The van der Waals surface area contributed by atoms with Crippen LogP contribution in [0.15, 0.2) is 24.5 Å². The van der Waals surface area contributed by atoms with Crippen molar-refractivity contribution in [1.82, 2.24) is 9.97 Å². The fourth-order valence-corrected chi connectivity index (χ4v) is 2.30. The van der Waals surface area contributed by atoms with Crippen molar-refractivity contribution in [2.24, 2.45) is 0 Å². The maximum atomic E-state index is 10.9. The monoisotopic (exact) mass is 558 g/mol. The zero-order valence-corrected chi connectivity index (χ0v) is 17.4. The zero-order valence-electron chi connectivity index (χ0n) is 13.1. The minimum Gasteiger partial charge on any atom is -0.451 e. The molecule has 2 rings (SSSR count). The highest BCUT2D eigenvalue weighted by atomic mass is 127. The van der Waals surface area contributed by atoms with Crippen LogP contribution in [-0.4, -0.2) is 33.6 Å². The number of halogens is 2. The summed E-state index contributed by atoms with van der Waals surface area (Å²) in [6, 6.07) is 3.46. The van der Waals surface area contributed by atoms with Crippen molar-refractivity contribution < 1.29 is 19.9 Å². The maximum Gasteiger partial charge on any atom is 0.438 e. The number of nitrogens with zero attached hydrogens (tertiary/aromatic N) is 3. The summed E-state index contributed by atoms with van der Waals surface area (Å²) in [6.07, 6.45) is 2.14. The molecule has 2 heterocycles. The number of amides is 1. The highest BCUT2D eigenvalue weighted by Crippen LogP contribution is 2.17. The Kier molecular flexibility index (Phi) is 8.58. The summed E-state index contributed by atoms with van der Waals surface area (Å²) >= 11 is 4.23. The number of hydrogen-bond donors (Lipinski definition) is 3. The van der Waals surface area contributed by atoms with Crippen LogP contribution >= 0.6 is 45.2 Å². The molecule has 0 unspecified atom stereocenters. The van der Waals surface area contributed by atoms with Gasteiger partial charge in [-0.2, -0.15) is 5.06 Å².